The average Bonchev–Trinajstić information content (AvgIpc) is 2.74. The van der Waals surface area contributed by atoms with E-state index in [1.54, 1.807) is 0 Å². The van der Waals surface area contributed by atoms with Crippen LogP contribution in [-0.4, -0.2) is 62.2 Å². The standard InChI is InChI=1S/C23H35N3O4/c1-17(2)14-19(26-9-12-29-13-10-26)16-24-22(27)4-3-11-30-20-6-7-21-18(15-20)5-8-23(28)25-21/h6-7,15,17,19H,3-5,8-14,16H2,1-2H3,(H,24,27)(H,25,28). The molecule has 1 fully saturated rings. The van der Waals surface area contributed by atoms with Gasteiger partial charge in [0.05, 0.1) is 19.8 Å². The summed E-state index contributed by atoms with van der Waals surface area (Å²) >= 11 is 0. The van der Waals surface area contributed by atoms with Gasteiger partial charge in [0, 0.05) is 44.2 Å². The van der Waals surface area contributed by atoms with Crippen molar-refractivity contribution in [3.05, 3.63) is 23.8 Å². The fraction of sp³-hybridized carbons (Fsp3) is 0.652. The second-order valence-corrected chi connectivity index (χ2v) is 8.55. The van der Waals surface area contributed by atoms with Gasteiger partial charge in [-0.1, -0.05) is 13.8 Å². The third kappa shape index (κ3) is 6.99. The van der Waals surface area contributed by atoms with Gasteiger partial charge in [-0.25, -0.2) is 0 Å². The quantitative estimate of drug-likeness (QED) is 0.572. The van der Waals surface area contributed by atoms with Gasteiger partial charge in [-0.2, -0.15) is 0 Å². The summed E-state index contributed by atoms with van der Waals surface area (Å²) < 4.78 is 11.3. The van der Waals surface area contributed by atoms with Gasteiger partial charge in [0.2, 0.25) is 11.8 Å². The van der Waals surface area contributed by atoms with Crippen molar-refractivity contribution < 1.29 is 19.1 Å². The Bertz CT molecular complexity index is 716. The van der Waals surface area contributed by atoms with Gasteiger partial charge < -0.3 is 20.1 Å². The minimum atomic E-state index is 0.0615. The Labute approximate surface area is 179 Å². The zero-order chi connectivity index (χ0) is 21.3. The lowest BCUT2D eigenvalue weighted by atomic mass is 10.0. The minimum absolute atomic E-state index is 0.0615. The van der Waals surface area contributed by atoms with E-state index in [1.165, 1.54) is 0 Å². The van der Waals surface area contributed by atoms with E-state index in [4.69, 9.17) is 9.47 Å². The third-order valence-electron chi connectivity index (χ3n) is 5.63. The molecule has 30 heavy (non-hydrogen) atoms. The number of nitrogens with zero attached hydrogens (tertiary/aromatic N) is 1. The van der Waals surface area contributed by atoms with Gasteiger partial charge in [0.1, 0.15) is 5.75 Å². The van der Waals surface area contributed by atoms with Crippen LogP contribution in [0.3, 0.4) is 0 Å². The molecule has 2 aliphatic heterocycles. The van der Waals surface area contributed by atoms with E-state index < -0.39 is 0 Å². The van der Waals surface area contributed by atoms with Crippen molar-refractivity contribution in [2.75, 3.05) is 44.8 Å². The highest BCUT2D eigenvalue weighted by Crippen LogP contribution is 2.26. The van der Waals surface area contributed by atoms with Crippen LogP contribution < -0.4 is 15.4 Å². The smallest absolute Gasteiger partial charge is 0.224 e. The molecule has 2 N–H and O–H groups in total. The number of anilines is 1. The molecule has 3 rings (SSSR count). The molecule has 0 aromatic heterocycles. The molecule has 2 aliphatic rings. The molecule has 1 unspecified atom stereocenters. The Balaban J connectivity index is 1.36. The molecule has 1 saturated heterocycles. The molecular formula is C23H35N3O4. The first-order valence-electron chi connectivity index (χ1n) is 11.2. The second-order valence-electron chi connectivity index (χ2n) is 8.55. The van der Waals surface area contributed by atoms with E-state index in [2.05, 4.69) is 29.4 Å². The van der Waals surface area contributed by atoms with Crippen LogP contribution in [0.4, 0.5) is 5.69 Å². The number of hydrogen-bond acceptors (Lipinski definition) is 5. The first kappa shape index (κ1) is 22.6. The number of carbonyl (C=O) groups excluding carboxylic acids is 2. The van der Waals surface area contributed by atoms with Gasteiger partial charge in [-0.15, -0.1) is 0 Å². The van der Waals surface area contributed by atoms with E-state index in [9.17, 15) is 9.59 Å². The number of amides is 2. The van der Waals surface area contributed by atoms with Gasteiger partial charge in [0.25, 0.3) is 0 Å². The fourth-order valence-corrected chi connectivity index (χ4v) is 4.04. The number of nitrogens with one attached hydrogen (secondary N) is 2. The number of rotatable bonds is 10. The number of fused-ring (bicyclic) bond motifs is 1. The monoisotopic (exact) mass is 417 g/mol. The Morgan fingerprint density at radius 1 is 1.27 bits per heavy atom. The summed E-state index contributed by atoms with van der Waals surface area (Å²) in [6.45, 7) is 9.05. The molecule has 7 nitrogen and oxygen atoms in total. The van der Waals surface area contributed by atoms with Gasteiger partial charge in [-0.3, -0.25) is 14.5 Å². The van der Waals surface area contributed by atoms with Crippen molar-refractivity contribution in [2.45, 2.75) is 52.0 Å². The van der Waals surface area contributed by atoms with Crippen LogP contribution in [0.25, 0.3) is 0 Å². The molecule has 2 amide bonds. The largest absolute Gasteiger partial charge is 0.494 e. The molecule has 0 saturated carbocycles. The zero-order valence-electron chi connectivity index (χ0n) is 18.2. The van der Waals surface area contributed by atoms with E-state index >= 15 is 0 Å². The van der Waals surface area contributed by atoms with Crippen LogP contribution in [0.2, 0.25) is 0 Å². The summed E-state index contributed by atoms with van der Waals surface area (Å²) in [5.41, 5.74) is 1.97. The zero-order valence-corrected chi connectivity index (χ0v) is 18.2. The van der Waals surface area contributed by atoms with Crippen LogP contribution in [0.1, 0.15) is 45.1 Å². The van der Waals surface area contributed by atoms with Crippen molar-refractivity contribution in [3.8, 4) is 5.75 Å². The van der Waals surface area contributed by atoms with Crippen LogP contribution >= 0.6 is 0 Å². The predicted octanol–water partition coefficient (Wildman–Crippen LogP) is 2.59. The molecule has 0 aliphatic carbocycles. The highest BCUT2D eigenvalue weighted by atomic mass is 16.5. The van der Waals surface area contributed by atoms with E-state index in [0.29, 0.717) is 44.4 Å². The van der Waals surface area contributed by atoms with Crippen LogP contribution in [-0.2, 0) is 20.7 Å². The molecule has 0 spiro atoms. The highest BCUT2D eigenvalue weighted by Gasteiger charge is 2.22. The first-order valence-corrected chi connectivity index (χ1v) is 11.2. The molecule has 0 bridgehead atoms. The lowest BCUT2D eigenvalue weighted by molar-refractivity contribution is -0.121. The number of ether oxygens (including phenoxy) is 2. The molecule has 1 atom stereocenters. The number of benzene rings is 1. The number of hydrogen-bond donors (Lipinski definition) is 2. The molecule has 7 heteroatoms. The second kappa shape index (κ2) is 11.3. The van der Waals surface area contributed by atoms with Gasteiger partial charge >= 0.3 is 0 Å². The molecular weight excluding hydrogens is 382 g/mol. The minimum Gasteiger partial charge on any atom is -0.494 e. The molecule has 0 radical (unpaired) electrons. The predicted molar refractivity (Wildman–Crippen MR) is 117 cm³/mol. The van der Waals surface area contributed by atoms with Gasteiger partial charge in [-0.05, 0) is 48.9 Å². The van der Waals surface area contributed by atoms with E-state index in [1.807, 2.05) is 18.2 Å². The SMILES string of the molecule is CC(C)CC(CNC(=O)CCCOc1ccc2c(c1)CCC(=O)N2)N1CCOCC1. The third-order valence-corrected chi connectivity index (χ3v) is 5.63. The number of aryl methyl sites for hydroxylation is 1. The summed E-state index contributed by atoms with van der Waals surface area (Å²) in [6, 6.07) is 6.09. The topological polar surface area (TPSA) is 79.9 Å². The van der Waals surface area contributed by atoms with Crippen molar-refractivity contribution in [3.63, 3.8) is 0 Å². The van der Waals surface area contributed by atoms with Crippen molar-refractivity contribution in [1.82, 2.24) is 10.2 Å². The maximum atomic E-state index is 12.3. The van der Waals surface area contributed by atoms with Crippen molar-refractivity contribution in [1.29, 1.82) is 0 Å². The average molecular weight is 418 g/mol. The Morgan fingerprint density at radius 3 is 2.83 bits per heavy atom. The van der Waals surface area contributed by atoms with E-state index in [0.717, 1.165) is 56.1 Å². The first-order chi connectivity index (χ1) is 14.5. The Hall–Kier alpha value is -2.12. The summed E-state index contributed by atoms with van der Waals surface area (Å²) in [6.07, 6.45) is 3.45. The van der Waals surface area contributed by atoms with Gasteiger partial charge in [0.15, 0.2) is 0 Å². The molecule has 1 aromatic rings. The summed E-state index contributed by atoms with van der Waals surface area (Å²) in [5, 5.41) is 5.98. The fourth-order valence-electron chi connectivity index (χ4n) is 4.04. The maximum absolute atomic E-state index is 12.3. The Morgan fingerprint density at radius 2 is 2.07 bits per heavy atom. The van der Waals surface area contributed by atoms with Crippen LogP contribution in [0, 0.1) is 5.92 Å². The normalized spacial score (nSPS) is 17.9. The summed E-state index contributed by atoms with van der Waals surface area (Å²) in [7, 11) is 0. The highest BCUT2D eigenvalue weighted by molar-refractivity contribution is 5.94. The molecule has 1 aromatic carbocycles. The number of morpholine rings is 1. The lowest BCUT2D eigenvalue weighted by Gasteiger charge is -2.35. The summed E-state index contributed by atoms with van der Waals surface area (Å²) in [4.78, 5) is 26.2. The summed E-state index contributed by atoms with van der Waals surface area (Å²) in [5.74, 6) is 1.52. The maximum Gasteiger partial charge on any atom is 0.224 e. The van der Waals surface area contributed by atoms with Crippen molar-refractivity contribution in [2.24, 2.45) is 5.92 Å². The molecule has 166 valence electrons. The van der Waals surface area contributed by atoms with Crippen molar-refractivity contribution >= 4 is 17.5 Å². The molecule has 2 heterocycles. The van der Waals surface area contributed by atoms with Crippen LogP contribution in [0.15, 0.2) is 18.2 Å². The number of carbonyl (C=O) groups is 2. The van der Waals surface area contributed by atoms with Crippen LogP contribution in [0.5, 0.6) is 5.75 Å². The lowest BCUT2D eigenvalue weighted by Crippen LogP contribution is -2.49. The van der Waals surface area contributed by atoms with E-state index in [-0.39, 0.29) is 11.8 Å². The Kier molecular flexibility index (Phi) is 8.51.